The van der Waals surface area contributed by atoms with Gasteiger partial charge < -0.3 is 9.22 Å². The summed E-state index contributed by atoms with van der Waals surface area (Å²) in [6, 6.07) is 11.3. The standard InChI is InChI=1S/C24H33Cl2N2O2/c1-18-12-19(2)14-20(13-18)16-27(10-6-7-11-28(3,4)5)17-30-24(29)21-8-9-22(25)23(26)15-21/h8-9,12-15H,6-7,10-11,16-17H2,1-5H3/q+1. The molecule has 4 nitrogen and oxygen atoms in total. The number of hydrogen-bond donors (Lipinski definition) is 0. The van der Waals surface area contributed by atoms with E-state index in [1.807, 2.05) is 0 Å². The molecular formula is C24H33Cl2N2O2+. The first-order chi connectivity index (χ1) is 14.0. The predicted octanol–water partition coefficient (Wildman–Crippen LogP) is 5.71. The minimum absolute atomic E-state index is 0.233. The highest BCUT2D eigenvalue weighted by atomic mass is 35.5. The van der Waals surface area contributed by atoms with Gasteiger partial charge in [-0.1, -0.05) is 52.5 Å². The summed E-state index contributed by atoms with van der Waals surface area (Å²) in [5.41, 5.74) is 4.11. The second-order valence-corrected chi connectivity index (χ2v) is 9.77. The summed E-state index contributed by atoms with van der Waals surface area (Å²) in [4.78, 5) is 14.7. The fourth-order valence-corrected chi connectivity index (χ4v) is 3.68. The molecule has 0 aliphatic heterocycles. The van der Waals surface area contributed by atoms with Gasteiger partial charge >= 0.3 is 5.97 Å². The smallest absolute Gasteiger partial charge is 0.339 e. The molecule has 0 aliphatic carbocycles. The van der Waals surface area contributed by atoms with Crippen LogP contribution < -0.4 is 0 Å². The number of hydrogen-bond acceptors (Lipinski definition) is 3. The van der Waals surface area contributed by atoms with E-state index >= 15 is 0 Å². The molecule has 0 N–H and O–H groups in total. The van der Waals surface area contributed by atoms with Gasteiger partial charge in [-0.2, -0.15) is 0 Å². The minimum Gasteiger partial charge on any atom is -0.446 e. The van der Waals surface area contributed by atoms with Crippen LogP contribution in [0.2, 0.25) is 10.0 Å². The van der Waals surface area contributed by atoms with Gasteiger partial charge in [0, 0.05) is 13.1 Å². The van der Waals surface area contributed by atoms with Crippen LogP contribution in [0.1, 0.15) is 39.9 Å². The molecular weight excluding hydrogens is 419 g/mol. The lowest BCUT2D eigenvalue weighted by molar-refractivity contribution is -0.870. The van der Waals surface area contributed by atoms with E-state index in [0.717, 1.165) is 37.0 Å². The molecule has 0 radical (unpaired) electrons. The fourth-order valence-electron chi connectivity index (χ4n) is 3.39. The van der Waals surface area contributed by atoms with Crippen molar-refractivity contribution in [1.82, 2.24) is 4.90 Å². The third-order valence-electron chi connectivity index (χ3n) is 4.77. The number of rotatable bonds is 10. The van der Waals surface area contributed by atoms with Gasteiger partial charge in [0.05, 0.1) is 43.3 Å². The molecule has 0 bridgehead atoms. The van der Waals surface area contributed by atoms with Crippen LogP contribution in [0.25, 0.3) is 0 Å². The van der Waals surface area contributed by atoms with Crippen LogP contribution in [0.4, 0.5) is 0 Å². The van der Waals surface area contributed by atoms with Crippen molar-refractivity contribution in [2.75, 3.05) is 41.0 Å². The van der Waals surface area contributed by atoms with Crippen molar-refractivity contribution in [3.63, 3.8) is 0 Å². The Hall–Kier alpha value is -1.59. The third-order valence-corrected chi connectivity index (χ3v) is 5.51. The highest BCUT2D eigenvalue weighted by molar-refractivity contribution is 6.42. The van der Waals surface area contributed by atoms with E-state index in [1.165, 1.54) is 16.7 Å². The van der Waals surface area contributed by atoms with Crippen molar-refractivity contribution in [1.29, 1.82) is 0 Å². The molecule has 0 saturated heterocycles. The summed E-state index contributed by atoms with van der Waals surface area (Å²) >= 11 is 12.0. The van der Waals surface area contributed by atoms with Crippen molar-refractivity contribution >= 4 is 29.2 Å². The molecule has 0 fully saturated rings. The first-order valence-corrected chi connectivity index (χ1v) is 11.0. The highest BCUT2D eigenvalue weighted by Gasteiger charge is 2.14. The lowest BCUT2D eigenvalue weighted by Crippen LogP contribution is -2.36. The van der Waals surface area contributed by atoms with Crippen LogP contribution in [0.5, 0.6) is 0 Å². The van der Waals surface area contributed by atoms with Gasteiger partial charge in [-0.15, -0.1) is 0 Å². The Morgan fingerprint density at radius 2 is 1.63 bits per heavy atom. The zero-order valence-electron chi connectivity index (χ0n) is 18.7. The summed E-state index contributed by atoms with van der Waals surface area (Å²) in [6.45, 7) is 7.15. The van der Waals surface area contributed by atoms with Crippen molar-refractivity contribution in [3.05, 3.63) is 68.7 Å². The monoisotopic (exact) mass is 451 g/mol. The molecule has 0 spiro atoms. The molecule has 0 heterocycles. The highest BCUT2D eigenvalue weighted by Crippen LogP contribution is 2.23. The quantitative estimate of drug-likeness (QED) is 0.200. The Morgan fingerprint density at radius 1 is 0.967 bits per heavy atom. The van der Waals surface area contributed by atoms with Crippen molar-refractivity contribution in [3.8, 4) is 0 Å². The summed E-state index contributed by atoms with van der Waals surface area (Å²) in [5.74, 6) is -0.398. The Balaban J connectivity index is 2.01. The number of carbonyl (C=O) groups excluding carboxylic acids is 1. The lowest BCUT2D eigenvalue weighted by atomic mass is 10.1. The number of ether oxygens (including phenoxy) is 1. The lowest BCUT2D eigenvalue weighted by Gasteiger charge is -2.25. The van der Waals surface area contributed by atoms with E-state index in [1.54, 1.807) is 18.2 Å². The number of esters is 1. The second-order valence-electron chi connectivity index (χ2n) is 8.96. The van der Waals surface area contributed by atoms with Crippen molar-refractivity contribution in [2.24, 2.45) is 0 Å². The predicted molar refractivity (Wildman–Crippen MR) is 125 cm³/mol. The van der Waals surface area contributed by atoms with Gasteiger partial charge in [0.25, 0.3) is 0 Å². The number of nitrogens with zero attached hydrogens (tertiary/aromatic N) is 2. The molecule has 0 unspecified atom stereocenters. The summed E-state index contributed by atoms with van der Waals surface area (Å²) in [7, 11) is 6.60. The molecule has 6 heteroatoms. The molecule has 30 heavy (non-hydrogen) atoms. The van der Waals surface area contributed by atoms with E-state index in [2.05, 4.69) is 58.1 Å². The largest absolute Gasteiger partial charge is 0.446 e. The van der Waals surface area contributed by atoms with E-state index in [0.29, 0.717) is 15.6 Å². The Morgan fingerprint density at radius 3 is 2.23 bits per heavy atom. The first kappa shape index (κ1) is 24.7. The number of benzene rings is 2. The summed E-state index contributed by atoms with van der Waals surface area (Å²) in [5, 5.41) is 0.764. The molecule has 0 atom stereocenters. The summed E-state index contributed by atoms with van der Waals surface area (Å²) < 4.78 is 6.54. The second kappa shape index (κ2) is 11.1. The maximum absolute atomic E-state index is 12.5. The van der Waals surface area contributed by atoms with Gasteiger partial charge in [-0.3, -0.25) is 4.90 Å². The molecule has 0 amide bonds. The van der Waals surface area contributed by atoms with Crippen molar-refractivity contribution in [2.45, 2.75) is 33.2 Å². The number of quaternary nitrogens is 1. The molecule has 164 valence electrons. The van der Waals surface area contributed by atoms with Crippen LogP contribution in [-0.2, 0) is 11.3 Å². The molecule has 0 aromatic heterocycles. The van der Waals surface area contributed by atoms with E-state index < -0.39 is 5.97 Å². The van der Waals surface area contributed by atoms with E-state index in [-0.39, 0.29) is 6.73 Å². The minimum atomic E-state index is -0.398. The van der Waals surface area contributed by atoms with Gasteiger partial charge in [0.1, 0.15) is 6.73 Å². The number of carbonyl (C=O) groups is 1. The van der Waals surface area contributed by atoms with Crippen LogP contribution in [-0.4, -0.2) is 56.3 Å². The maximum Gasteiger partial charge on any atom is 0.339 e. The van der Waals surface area contributed by atoms with Gasteiger partial charge in [-0.25, -0.2) is 4.79 Å². The normalized spacial score (nSPS) is 11.7. The molecule has 2 aromatic rings. The van der Waals surface area contributed by atoms with Gasteiger partial charge in [0.15, 0.2) is 0 Å². The average Bonchev–Trinajstić information content (AvgIpc) is 2.63. The molecule has 2 rings (SSSR count). The molecule has 0 saturated carbocycles. The average molecular weight is 452 g/mol. The molecule has 0 aliphatic rings. The third kappa shape index (κ3) is 8.65. The number of halogens is 2. The Labute approximate surface area is 190 Å². The fraction of sp³-hybridized carbons (Fsp3) is 0.458. The van der Waals surface area contributed by atoms with Crippen molar-refractivity contribution < 1.29 is 14.0 Å². The maximum atomic E-state index is 12.5. The number of aryl methyl sites for hydroxylation is 2. The van der Waals surface area contributed by atoms with Crippen LogP contribution >= 0.6 is 23.2 Å². The zero-order valence-corrected chi connectivity index (χ0v) is 20.2. The van der Waals surface area contributed by atoms with E-state index in [9.17, 15) is 4.79 Å². The molecule has 2 aromatic carbocycles. The SMILES string of the molecule is Cc1cc(C)cc(CN(CCCC[N+](C)(C)C)COC(=O)c2ccc(Cl)c(Cl)c2)c1. The zero-order chi connectivity index (χ0) is 22.3. The Kier molecular flexibility index (Phi) is 9.17. The van der Waals surface area contributed by atoms with E-state index in [4.69, 9.17) is 27.9 Å². The van der Waals surface area contributed by atoms with Crippen LogP contribution in [0.15, 0.2) is 36.4 Å². The van der Waals surface area contributed by atoms with Crippen LogP contribution in [0, 0.1) is 13.8 Å². The van der Waals surface area contributed by atoms with Crippen LogP contribution in [0.3, 0.4) is 0 Å². The van der Waals surface area contributed by atoms with Gasteiger partial charge in [0.2, 0.25) is 0 Å². The Bertz CT molecular complexity index is 843. The first-order valence-electron chi connectivity index (χ1n) is 10.3. The summed E-state index contributed by atoms with van der Waals surface area (Å²) in [6.07, 6.45) is 2.16. The van der Waals surface area contributed by atoms with Gasteiger partial charge in [-0.05, 0) is 50.5 Å². The number of unbranched alkanes of at least 4 members (excludes halogenated alkanes) is 1. The topological polar surface area (TPSA) is 29.5 Å².